The second kappa shape index (κ2) is 8.65. The molecular formula is C19H16N4O3S2. The molecule has 3 heterocycles. The van der Waals surface area contributed by atoms with Gasteiger partial charge in [-0.2, -0.15) is 5.26 Å². The third kappa shape index (κ3) is 4.36. The molecule has 0 radical (unpaired) electrons. The third-order valence-electron chi connectivity index (χ3n) is 3.86. The monoisotopic (exact) mass is 412 g/mol. The van der Waals surface area contributed by atoms with Gasteiger partial charge in [0.1, 0.15) is 11.1 Å². The number of aryl methyl sites for hydroxylation is 1. The standard InChI is InChI=1S/C19H16N4O3S2/c1-12-9-14(13(2)23(12)19-21-6-8-28-19)3-4-17(25)26-11-16(24)22-18-15(10-20)5-7-27-18/h3-9H,11H2,1-2H3,(H,22,24)/b4-3+. The van der Waals surface area contributed by atoms with E-state index in [-0.39, 0.29) is 0 Å². The average Bonchev–Trinajstić information content (AvgIpc) is 3.39. The van der Waals surface area contributed by atoms with Crippen LogP contribution in [0.1, 0.15) is 22.5 Å². The first-order valence-electron chi connectivity index (χ1n) is 8.20. The number of carbonyl (C=O) groups is 2. The summed E-state index contributed by atoms with van der Waals surface area (Å²) in [7, 11) is 0. The van der Waals surface area contributed by atoms with Crippen molar-refractivity contribution in [2.45, 2.75) is 13.8 Å². The third-order valence-corrected chi connectivity index (χ3v) is 5.45. The smallest absolute Gasteiger partial charge is 0.331 e. The van der Waals surface area contributed by atoms with Crippen molar-refractivity contribution < 1.29 is 14.3 Å². The van der Waals surface area contributed by atoms with E-state index in [4.69, 9.17) is 10.00 Å². The minimum atomic E-state index is -0.624. The minimum Gasteiger partial charge on any atom is -0.452 e. The zero-order valence-electron chi connectivity index (χ0n) is 15.1. The van der Waals surface area contributed by atoms with Gasteiger partial charge in [0.2, 0.25) is 0 Å². The Hall–Kier alpha value is -3.22. The van der Waals surface area contributed by atoms with Crippen LogP contribution in [0.2, 0.25) is 0 Å². The first-order valence-corrected chi connectivity index (χ1v) is 9.96. The predicted octanol–water partition coefficient (Wildman–Crippen LogP) is 3.68. The fraction of sp³-hybridized carbons (Fsp3) is 0.158. The summed E-state index contributed by atoms with van der Waals surface area (Å²) in [5.41, 5.74) is 3.20. The molecule has 0 atom stereocenters. The van der Waals surface area contributed by atoms with Crippen LogP contribution in [0, 0.1) is 25.2 Å². The number of rotatable bonds is 6. The number of esters is 1. The lowest BCUT2D eigenvalue weighted by Gasteiger charge is -2.04. The Morgan fingerprint density at radius 3 is 2.89 bits per heavy atom. The van der Waals surface area contributed by atoms with Gasteiger partial charge in [-0.05, 0) is 43.0 Å². The van der Waals surface area contributed by atoms with Crippen LogP contribution in [0.5, 0.6) is 0 Å². The quantitative estimate of drug-likeness (QED) is 0.492. The number of ether oxygens (including phenoxy) is 1. The van der Waals surface area contributed by atoms with Gasteiger partial charge in [0, 0.05) is 29.0 Å². The van der Waals surface area contributed by atoms with Crippen LogP contribution in [0.15, 0.2) is 35.2 Å². The van der Waals surface area contributed by atoms with E-state index in [1.807, 2.05) is 35.9 Å². The predicted molar refractivity (Wildman–Crippen MR) is 109 cm³/mol. The molecule has 7 nitrogen and oxygen atoms in total. The van der Waals surface area contributed by atoms with Crippen LogP contribution in [0.25, 0.3) is 11.2 Å². The molecule has 3 aromatic heterocycles. The molecule has 142 valence electrons. The van der Waals surface area contributed by atoms with Crippen LogP contribution in [-0.4, -0.2) is 28.0 Å². The highest BCUT2D eigenvalue weighted by molar-refractivity contribution is 7.14. The van der Waals surface area contributed by atoms with Crippen LogP contribution >= 0.6 is 22.7 Å². The van der Waals surface area contributed by atoms with Crippen molar-refractivity contribution in [3.05, 3.63) is 57.7 Å². The Bertz CT molecular complexity index is 1070. The number of nitrogens with zero attached hydrogens (tertiary/aromatic N) is 3. The molecular weight excluding hydrogens is 396 g/mol. The number of amides is 1. The molecule has 0 unspecified atom stereocenters. The lowest BCUT2D eigenvalue weighted by molar-refractivity contribution is -0.142. The van der Waals surface area contributed by atoms with E-state index in [9.17, 15) is 9.59 Å². The van der Waals surface area contributed by atoms with Gasteiger partial charge >= 0.3 is 5.97 Å². The highest BCUT2D eigenvalue weighted by Crippen LogP contribution is 2.23. The summed E-state index contributed by atoms with van der Waals surface area (Å²) in [5.74, 6) is -1.12. The second-order valence-corrected chi connectivity index (χ2v) is 7.53. The molecule has 3 aromatic rings. The van der Waals surface area contributed by atoms with E-state index < -0.39 is 18.5 Å². The minimum absolute atomic E-state index is 0.375. The number of nitrogens with one attached hydrogen (secondary N) is 1. The molecule has 0 saturated carbocycles. The molecule has 28 heavy (non-hydrogen) atoms. The number of anilines is 1. The van der Waals surface area contributed by atoms with Crippen LogP contribution in [0.3, 0.4) is 0 Å². The van der Waals surface area contributed by atoms with Gasteiger partial charge in [0.25, 0.3) is 5.91 Å². The molecule has 0 aliphatic heterocycles. The van der Waals surface area contributed by atoms with Crippen molar-refractivity contribution in [2.24, 2.45) is 0 Å². The van der Waals surface area contributed by atoms with Crippen molar-refractivity contribution in [3.8, 4) is 11.2 Å². The maximum absolute atomic E-state index is 11.9. The van der Waals surface area contributed by atoms with E-state index in [0.717, 1.165) is 22.1 Å². The summed E-state index contributed by atoms with van der Waals surface area (Å²) in [5, 5.41) is 16.4. The molecule has 1 amide bonds. The molecule has 0 aliphatic rings. The number of hydrogen-bond donors (Lipinski definition) is 1. The number of hydrogen-bond acceptors (Lipinski definition) is 7. The topological polar surface area (TPSA) is 97.0 Å². The number of carbonyl (C=O) groups excluding carboxylic acids is 2. The molecule has 1 N–H and O–H groups in total. The largest absolute Gasteiger partial charge is 0.452 e. The fourth-order valence-corrected chi connectivity index (χ4v) is 4.08. The van der Waals surface area contributed by atoms with Crippen LogP contribution in [0.4, 0.5) is 5.00 Å². The normalized spacial score (nSPS) is 10.8. The van der Waals surface area contributed by atoms with Gasteiger partial charge < -0.3 is 10.1 Å². The Balaban J connectivity index is 1.58. The van der Waals surface area contributed by atoms with Crippen LogP contribution in [-0.2, 0) is 14.3 Å². The number of thiophene rings is 1. The van der Waals surface area contributed by atoms with Gasteiger partial charge in [-0.25, -0.2) is 9.78 Å². The average molecular weight is 412 g/mol. The summed E-state index contributed by atoms with van der Waals surface area (Å²) >= 11 is 2.76. The molecule has 0 saturated heterocycles. The Kier molecular flexibility index (Phi) is 6.03. The van der Waals surface area contributed by atoms with Crippen molar-refractivity contribution in [3.63, 3.8) is 0 Å². The van der Waals surface area contributed by atoms with E-state index >= 15 is 0 Å². The maximum Gasteiger partial charge on any atom is 0.331 e. The lowest BCUT2D eigenvalue weighted by Crippen LogP contribution is -2.20. The SMILES string of the molecule is Cc1cc(/C=C/C(=O)OCC(=O)Nc2sccc2C#N)c(C)n1-c1nccs1. The number of aromatic nitrogens is 2. The van der Waals surface area contributed by atoms with E-state index in [2.05, 4.69) is 10.3 Å². The van der Waals surface area contributed by atoms with Gasteiger partial charge in [-0.15, -0.1) is 22.7 Å². The molecule has 0 bridgehead atoms. The Morgan fingerprint density at radius 2 is 2.18 bits per heavy atom. The maximum atomic E-state index is 11.9. The van der Waals surface area contributed by atoms with E-state index in [1.165, 1.54) is 28.7 Å². The number of thiazole rings is 1. The molecule has 0 aliphatic carbocycles. The zero-order valence-corrected chi connectivity index (χ0v) is 16.8. The summed E-state index contributed by atoms with van der Waals surface area (Å²) in [6.45, 7) is 3.49. The lowest BCUT2D eigenvalue weighted by atomic mass is 10.2. The number of nitriles is 1. The molecule has 0 spiro atoms. The van der Waals surface area contributed by atoms with Gasteiger partial charge in [0.05, 0.1) is 5.56 Å². The highest BCUT2D eigenvalue weighted by Gasteiger charge is 2.12. The Labute approximate surface area is 169 Å². The summed E-state index contributed by atoms with van der Waals surface area (Å²) in [6.07, 6.45) is 4.68. The van der Waals surface area contributed by atoms with Gasteiger partial charge in [0.15, 0.2) is 11.7 Å². The molecule has 0 aromatic carbocycles. The van der Waals surface area contributed by atoms with Crippen molar-refractivity contribution in [1.82, 2.24) is 9.55 Å². The molecule has 9 heteroatoms. The zero-order chi connectivity index (χ0) is 20.1. The van der Waals surface area contributed by atoms with Crippen molar-refractivity contribution in [2.75, 3.05) is 11.9 Å². The Morgan fingerprint density at radius 1 is 1.36 bits per heavy atom. The van der Waals surface area contributed by atoms with Crippen molar-refractivity contribution in [1.29, 1.82) is 5.26 Å². The van der Waals surface area contributed by atoms with Gasteiger partial charge in [-0.1, -0.05) is 0 Å². The van der Waals surface area contributed by atoms with E-state index in [1.54, 1.807) is 23.7 Å². The second-order valence-electron chi connectivity index (χ2n) is 5.74. The molecule has 3 rings (SSSR count). The van der Waals surface area contributed by atoms with E-state index in [0.29, 0.717) is 10.6 Å². The molecule has 0 fully saturated rings. The summed E-state index contributed by atoms with van der Waals surface area (Å²) in [6, 6.07) is 5.54. The van der Waals surface area contributed by atoms with Crippen molar-refractivity contribution >= 4 is 45.6 Å². The fourth-order valence-electron chi connectivity index (χ4n) is 2.58. The first kappa shape index (κ1) is 19.5. The summed E-state index contributed by atoms with van der Waals surface area (Å²) in [4.78, 5) is 28.1. The first-order chi connectivity index (χ1) is 13.5. The summed E-state index contributed by atoms with van der Waals surface area (Å²) < 4.78 is 6.97. The van der Waals surface area contributed by atoms with Crippen LogP contribution < -0.4 is 5.32 Å². The van der Waals surface area contributed by atoms with Gasteiger partial charge in [-0.3, -0.25) is 9.36 Å². The highest BCUT2D eigenvalue weighted by atomic mass is 32.1.